The van der Waals surface area contributed by atoms with Gasteiger partial charge in [0, 0.05) is 0 Å². The summed E-state index contributed by atoms with van der Waals surface area (Å²) in [5.74, 6) is 0.874. The topological polar surface area (TPSA) is 0 Å². The van der Waals surface area contributed by atoms with Crippen molar-refractivity contribution < 1.29 is 0 Å². The Hall–Kier alpha value is -0.260. The minimum Gasteiger partial charge on any atom is -0.0851 e. The molecule has 1 aliphatic rings. The Bertz CT molecular complexity index is 155. The van der Waals surface area contributed by atoms with Gasteiger partial charge in [-0.1, -0.05) is 51.2 Å². The first-order valence-electron chi connectivity index (χ1n) is 6.03. The maximum Gasteiger partial charge on any atom is -0.0232 e. The van der Waals surface area contributed by atoms with Gasteiger partial charge in [-0.3, -0.25) is 0 Å². The summed E-state index contributed by atoms with van der Waals surface area (Å²) < 4.78 is 0. The molecule has 13 heavy (non-hydrogen) atoms. The third-order valence-electron chi connectivity index (χ3n) is 3.20. The lowest BCUT2D eigenvalue weighted by atomic mass is 9.94. The van der Waals surface area contributed by atoms with E-state index in [1.807, 2.05) is 0 Å². The number of allylic oxidation sites excluding steroid dienone is 2. The van der Waals surface area contributed by atoms with Gasteiger partial charge in [0.2, 0.25) is 0 Å². The maximum atomic E-state index is 2.48. The molecule has 76 valence electrons. The summed E-state index contributed by atoms with van der Waals surface area (Å²) >= 11 is 0. The van der Waals surface area contributed by atoms with Gasteiger partial charge in [-0.15, -0.1) is 0 Å². The van der Waals surface area contributed by atoms with Gasteiger partial charge in [0.25, 0.3) is 0 Å². The Labute approximate surface area is 83.4 Å². The number of hydrogen-bond acceptors (Lipinski definition) is 0. The lowest BCUT2D eigenvalue weighted by Crippen LogP contribution is -1.97. The Kier molecular flexibility index (Phi) is 5.19. The fourth-order valence-corrected chi connectivity index (χ4v) is 2.21. The molecular weight excluding hydrogens is 156 g/mol. The highest BCUT2D eigenvalue weighted by molar-refractivity contribution is 5.10. The maximum absolute atomic E-state index is 2.48. The molecule has 1 atom stereocenters. The van der Waals surface area contributed by atoms with Crippen LogP contribution in [0.15, 0.2) is 11.6 Å². The fourth-order valence-electron chi connectivity index (χ4n) is 2.21. The first-order valence-corrected chi connectivity index (χ1v) is 6.03. The van der Waals surface area contributed by atoms with E-state index < -0.39 is 0 Å². The van der Waals surface area contributed by atoms with Crippen molar-refractivity contribution in [2.75, 3.05) is 0 Å². The van der Waals surface area contributed by atoms with E-state index in [4.69, 9.17) is 0 Å². The van der Waals surface area contributed by atoms with E-state index >= 15 is 0 Å². The molecule has 0 aromatic heterocycles. The van der Waals surface area contributed by atoms with Crippen molar-refractivity contribution >= 4 is 0 Å². The average Bonchev–Trinajstić information content (AvgIpc) is 2.65. The summed E-state index contributed by atoms with van der Waals surface area (Å²) in [4.78, 5) is 0. The van der Waals surface area contributed by atoms with Gasteiger partial charge in [0.1, 0.15) is 0 Å². The molecule has 0 heteroatoms. The van der Waals surface area contributed by atoms with Crippen LogP contribution in [0.3, 0.4) is 0 Å². The van der Waals surface area contributed by atoms with Crippen molar-refractivity contribution in [2.24, 2.45) is 5.92 Å². The van der Waals surface area contributed by atoms with Crippen LogP contribution in [-0.4, -0.2) is 0 Å². The number of rotatable bonds is 6. The standard InChI is InChI=1S/C13H24/c1-3-4-5-6-9-12(2)13-10-7-8-11-13/h10,12H,3-9,11H2,1-2H3. The molecule has 0 aliphatic heterocycles. The molecule has 0 fully saturated rings. The highest BCUT2D eigenvalue weighted by atomic mass is 14.2. The molecule has 0 aromatic carbocycles. The van der Waals surface area contributed by atoms with Crippen LogP contribution in [0.2, 0.25) is 0 Å². The Morgan fingerprint density at radius 3 is 2.77 bits per heavy atom. The van der Waals surface area contributed by atoms with Crippen molar-refractivity contribution in [3.63, 3.8) is 0 Å². The van der Waals surface area contributed by atoms with Crippen LogP contribution in [0.1, 0.15) is 65.2 Å². The van der Waals surface area contributed by atoms with Gasteiger partial charge in [-0.2, -0.15) is 0 Å². The summed E-state index contributed by atoms with van der Waals surface area (Å²) in [7, 11) is 0. The van der Waals surface area contributed by atoms with E-state index in [2.05, 4.69) is 19.9 Å². The van der Waals surface area contributed by atoms with Crippen LogP contribution in [0, 0.1) is 5.92 Å². The van der Waals surface area contributed by atoms with E-state index in [9.17, 15) is 0 Å². The molecule has 0 radical (unpaired) electrons. The lowest BCUT2D eigenvalue weighted by molar-refractivity contribution is 0.534. The molecular formula is C13H24. The van der Waals surface area contributed by atoms with Crippen molar-refractivity contribution in [1.82, 2.24) is 0 Å². The molecule has 0 amide bonds. The second kappa shape index (κ2) is 6.23. The van der Waals surface area contributed by atoms with E-state index in [0.717, 1.165) is 5.92 Å². The normalized spacial score (nSPS) is 18.8. The summed E-state index contributed by atoms with van der Waals surface area (Å²) in [5, 5.41) is 0. The molecule has 1 aliphatic carbocycles. The summed E-state index contributed by atoms with van der Waals surface area (Å²) in [5.41, 5.74) is 1.75. The zero-order valence-corrected chi connectivity index (χ0v) is 9.31. The van der Waals surface area contributed by atoms with Gasteiger partial charge in [-0.05, 0) is 31.6 Å². The predicted octanol–water partition coefficient (Wildman–Crippen LogP) is 4.70. The van der Waals surface area contributed by atoms with Crippen molar-refractivity contribution in [2.45, 2.75) is 65.2 Å². The fraction of sp³-hybridized carbons (Fsp3) is 0.846. The number of hydrogen-bond donors (Lipinski definition) is 0. The number of unbranched alkanes of at least 4 members (excludes halogenated alkanes) is 3. The SMILES string of the molecule is CCCCCCC(C)C1=CCCC1. The smallest absolute Gasteiger partial charge is 0.0232 e. The monoisotopic (exact) mass is 180 g/mol. The van der Waals surface area contributed by atoms with Crippen molar-refractivity contribution in [3.8, 4) is 0 Å². The van der Waals surface area contributed by atoms with Crippen LogP contribution in [0.4, 0.5) is 0 Å². The van der Waals surface area contributed by atoms with Crippen LogP contribution >= 0.6 is 0 Å². The van der Waals surface area contributed by atoms with E-state index in [0.29, 0.717) is 0 Å². The molecule has 1 rings (SSSR count). The summed E-state index contributed by atoms with van der Waals surface area (Å²) in [6.45, 7) is 4.69. The van der Waals surface area contributed by atoms with Gasteiger partial charge < -0.3 is 0 Å². The minimum atomic E-state index is 0.874. The Morgan fingerprint density at radius 1 is 1.31 bits per heavy atom. The highest BCUT2D eigenvalue weighted by Crippen LogP contribution is 2.28. The molecule has 0 saturated carbocycles. The summed E-state index contributed by atoms with van der Waals surface area (Å²) in [6.07, 6.45) is 13.7. The molecule has 0 saturated heterocycles. The Balaban J connectivity index is 2.06. The van der Waals surface area contributed by atoms with Crippen LogP contribution in [0.25, 0.3) is 0 Å². The van der Waals surface area contributed by atoms with Gasteiger partial charge >= 0.3 is 0 Å². The zero-order valence-electron chi connectivity index (χ0n) is 9.31. The largest absolute Gasteiger partial charge is 0.0851 e. The van der Waals surface area contributed by atoms with E-state index in [1.165, 1.54) is 51.4 Å². The average molecular weight is 180 g/mol. The highest BCUT2D eigenvalue weighted by Gasteiger charge is 2.11. The first kappa shape index (κ1) is 10.8. The predicted molar refractivity (Wildman–Crippen MR) is 59.9 cm³/mol. The molecule has 0 spiro atoms. The second-order valence-electron chi connectivity index (χ2n) is 4.42. The minimum absolute atomic E-state index is 0.874. The van der Waals surface area contributed by atoms with Gasteiger partial charge in [-0.25, -0.2) is 0 Å². The van der Waals surface area contributed by atoms with E-state index in [-0.39, 0.29) is 0 Å². The van der Waals surface area contributed by atoms with E-state index in [1.54, 1.807) is 5.57 Å². The second-order valence-corrected chi connectivity index (χ2v) is 4.42. The third-order valence-corrected chi connectivity index (χ3v) is 3.20. The Morgan fingerprint density at radius 2 is 2.15 bits per heavy atom. The molecule has 0 heterocycles. The first-order chi connectivity index (χ1) is 6.34. The van der Waals surface area contributed by atoms with Crippen molar-refractivity contribution in [3.05, 3.63) is 11.6 Å². The van der Waals surface area contributed by atoms with Crippen LogP contribution in [0.5, 0.6) is 0 Å². The summed E-state index contributed by atoms with van der Waals surface area (Å²) in [6, 6.07) is 0. The molecule has 0 nitrogen and oxygen atoms in total. The molecule has 0 N–H and O–H groups in total. The van der Waals surface area contributed by atoms with Gasteiger partial charge in [0.15, 0.2) is 0 Å². The molecule has 1 unspecified atom stereocenters. The third kappa shape index (κ3) is 3.97. The van der Waals surface area contributed by atoms with Crippen LogP contribution < -0.4 is 0 Å². The van der Waals surface area contributed by atoms with Crippen LogP contribution in [-0.2, 0) is 0 Å². The van der Waals surface area contributed by atoms with Crippen molar-refractivity contribution in [1.29, 1.82) is 0 Å². The quantitative estimate of drug-likeness (QED) is 0.410. The molecule has 0 bridgehead atoms. The van der Waals surface area contributed by atoms with Gasteiger partial charge in [0.05, 0.1) is 0 Å². The molecule has 0 aromatic rings. The lowest BCUT2D eigenvalue weighted by Gasteiger charge is -2.12. The zero-order chi connectivity index (χ0) is 9.52.